The van der Waals surface area contributed by atoms with Gasteiger partial charge in [-0.1, -0.05) is 12.1 Å². The highest BCUT2D eigenvalue weighted by Crippen LogP contribution is 2.30. The number of rotatable bonds is 14. The molecule has 180 valence electrons. The van der Waals surface area contributed by atoms with Crippen LogP contribution in [0.1, 0.15) is 30.9 Å². The zero-order chi connectivity index (χ0) is 24.1. The van der Waals surface area contributed by atoms with E-state index in [-0.39, 0.29) is 5.91 Å². The maximum Gasteiger partial charge on any atom is 0.244 e. The van der Waals surface area contributed by atoms with E-state index in [0.717, 1.165) is 55.0 Å². The molecule has 2 N–H and O–H groups in total. The third-order valence-corrected chi connectivity index (χ3v) is 5.28. The fourth-order valence-corrected chi connectivity index (χ4v) is 3.42. The number of amides is 1. The van der Waals surface area contributed by atoms with Crippen molar-refractivity contribution in [1.82, 2.24) is 10.6 Å². The van der Waals surface area contributed by atoms with Crippen molar-refractivity contribution in [2.75, 3.05) is 48.1 Å². The topological polar surface area (TPSA) is 78.1 Å². The molecule has 0 radical (unpaired) electrons. The van der Waals surface area contributed by atoms with Crippen LogP contribution < -0.4 is 29.6 Å². The molecule has 0 saturated heterocycles. The summed E-state index contributed by atoms with van der Waals surface area (Å²) in [7, 11) is 6.48. The molecule has 0 saturated carbocycles. The molecule has 0 fully saturated rings. The van der Waals surface area contributed by atoms with Gasteiger partial charge in [0.2, 0.25) is 5.91 Å². The van der Waals surface area contributed by atoms with Crippen molar-refractivity contribution in [3.05, 3.63) is 53.6 Å². The van der Waals surface area contributed by atoms with Crippen LogP contribution in [0.5, 0.6) is 23.0 Å². The van der Waals surface area contributed by atoms with Crippen molar-refractivity contribution < 1.29 is 23.7 Å². The normalized spacial score (nSPS) is 11.1. The van der Waals surface area contributed by atoms with Gasteiger partial charge in [0.1, 0.15) is 0 Å². The second-order valence-corrected chi connectivity index (χ2v) is 7.58. The Labute approximate surface area is 197 Å². The molecule has 7 heteroatoms. The first kappa shape index (κ1) is 26.1. The van der Waals surface area contributed by atoms with Crippen LogP contribution >= 0.6 is 0 Å². The Morgan fingerprint density at radius 2 is 1.39 bits per heavy atom. The van der Waals surface area contributed by atoms with E-state index in [2.05, 4.69) is 16.7 Å². The first-order valence-electron chi connectivity index (χ1n) is 11.1. The average Bonchev–Trinajstić information content (AvgIpc) is 2.84. The molecular weight excluding hydrogens is 420 g/mol. The Kier molecular flexibility index (Phi) is 11.1. The van der Waals surface area contributed by atoms with Crippen molar-refractivity contribution in [1.29, 1.82) is 0 Å². The predicted octanol–water partition coefficient (Wildman–Crippen LogP) is 3.85. The van der Waals surface area contributed by atoms with Gasteiger partial charge in [-0.3, -0.25) is 4.79 Å². The lowest BCUT2D eigenvalue weighted by atomic mass is 10.1. The third kappa shape index (κ3) is 8.35. The molecule has 7 nitrogen and oxygen atoms in total. The molecular formula is C26H36N2O5. The van der Waals surface area contributed by atoms with E-state index < -0.39 is 0 Å². The lowest BCUT2D eigenvalue weighted by Crippen LogP contribution is -2.26. The van der Waals surface area contributed by atoms with E-state index in [9.17, 15) is 4.79 Å². The van der Waals surface area contributed by atoms with E-state index in [1.54, 1.807) is 34.5 Å². The van der Waals surface area contributed by atoms with Gasteiger partial charge in [-0.2, -0.15) is 0 Å². The Hall–Kier alpha value is -3.19. The minimum atomic E-state index is -0.101. The number of ether oxygens (including phenoxy) is 4. The summed E-state index contributed by atoms with van der Waals surface area (Å²) in [6, 6.07) is 11.6. The molecule has 2 aromatic carbocycles. The maximum atomic E-state index is 12.2. The minimum absolute atomic E-state index is 0.101. The molecule has 0 aliphatic carbocycles. The smallest absolute Gasteiger partial charge is 0.244 e. The molecule has 0 unspecified atom stereocenters. The highest BCUT2D eigenvalue weighted by molar-refractivity contribution is 5.94. The van der Waals surface area contributed by atoms with Crippen molar-refractivity contribution in [2.45, 2.75) is 26.2 Å². The molecule has 2 aromatic rings. The highest BCUT2D eigenvalue weighted by Gasteiger charge is 2.07. The second-order valence-electron chi connectivity index (χ2n) is 7.58. The summed E-state index contributed by atoms with van der Waals surface area (Å²) in [6.45, 7) is 4.29. The van der Waals surface area contributed by atoms with Crippen LogP contribution in [-0.4, -0.2) is 54.0 Å². The molecule has 0 heterocycles. The van der Waals surface area contributed by atoms with Gasteiger partial charge in [0.05, 0.1) is 28.4 Å². The number of carbonyl (C=O) groups is 1. The van der Waals surface area contributed by atoms with E-state index in [0.29, 0.717) is 18.0 Å². The Bertz CT molecular complexity index is 927. The molecule has 0 bridgehead atoms. The van der Waals surface area contributed by atoms with Crippen LogP contribution in [0.4, 0.5) is 0 Å². The third-order valence-electron chi connectivity index (χ3n) is 5.28. The number of aryl methyl sites for hydroxylation is 1. The summed E-state index contributed by atoms with van der Waals surface area (Å²) in [4.78, 5) is 12.2. The summed E-state index contributed by atoms with van der Waals surface area (Å²) in [5.74, 6) is 2.70. The summed E-state index contributed by atoms with van der Waals surface area (Å²) in [5, 5.41) is 6.36. The molecule has 2 rings (SSSR count). The maximum absolute atomic E-state index is 12.2. The summed E-state index contributed by atoms with van der Waals surface area (Å²) >= 11 is 0. The van der Waals surface area contributed by atoms with Crippen LogP contribution in [0.3, 0.4) is 0 Å². The lowest BCUT2D eigenvalue weighted by molar-refractivity contribution is -0.116. The molecule has 33 heavy (non-hydrogen) atoms. The zero-order valence-electron chi connectivity index (χ0n) is 20.3. The van der Waals surface area contributed by atoms with Crippen molar-refractivity contribution in [2.24, 2.45) is 0 Å². The van der Waals surface area contributed by atoms with Crippen molar-refractivity contribution in [3.63, 3.8) is 0 Å². The molecule has 0 aliphatic heterocycles. The molecule has 0 aliphatic rings. The van der Waals surface area contributed by atoms with Gasteiger partial charge >= 0.3 is 0 Å². The fourth-order valence-electron chi connectivity index (χ4n) is 3.42. The van der Waals surface area contributed by atoms with Gasteiger partial charge in [0.25, 0.3) is 0 Å². The van der Waals surface area contributed by atoms with Gasteiger partial charge < -0.3 is 29.6 Å². The van der Waals surface area contributed by atoms with Crippen LogP contribution in [0, 0.1) is 0 Å². The van der Waals surface area contributed by atoms with Gasteiger partial charge in [0.15, 0.2) is 23.0 Å². The average molecular weight is 457 g/mol. The SMILES string of the molecule is COc1ccc(CCCNCCCNC(=O)/C=C(\C)c2ccc(OC)c(OC)c2)cc1OC. The molecule has 1 amide bonds. The number of benzene rings is 2. The van der Waals surface area contributed by atoms with E-state index in [1.165, 1.54) is 5.56 Å². The lowest BCUT2D eigenvalue weighted by Gasteiger charge is -2.10. The molecule has 0 spiro atoms. The van der Waals surface area contributed by atoms with Gasteiger partial charge in [0, 0.05) is 12.6 Å². The fraction of sp³-hybridized carbons (Fsp3) is 0.423. The van der Waals surface area contributed by atoms with Crippen LogP contribution in [0.25, 0.3) is 5.57 Å². The van der Waals surface area contributed by atoms with E-state index in [1.807, 2.05) is 37.3 Å². The second kappa shape index (κ2) is 14.1. The Balaban J connectivity index is 1.64. The number of hydrogen-bond donors (Lipinski definition) is 2. The number of allylic oxidation sites excluding steroid dienone is 1. The van der Waals surface area contributed by atoms with Crippen molar-refractivity contribution in [3.8, 4) is 23.0 Å². The van der Waals surface area contributed by atoms with Crippen LogP contribution in [0.15, 0.2) is 42.5 Å². The van der Waals surface area contributed by atoms with E-state index in [4.69, 9.17) is 18.9 Å². The number of nitrogens with one attached hydrogen (secondary N) is 2. The van der Waals surface area contributed by atoms with Gasteiger partial charge in [-0.25, -0.2) is 0 Å². The quantitative estimate of drug-likeness (QED) is 0.332. The summed E-state index contributed by atoms with van der Waals surface area (Å²) in [6.07, 6.45) is 4.46. The first-order chi connectivity index (χ1) is 16.0. The standard InChI is InChI=1S/C26H36N2O5/c1-19(21-10-12-23(31-3)25(18-21)33-5)16-26(29)28-15-7-14-27-13-6-8-20-9-11-22(30-2)24(17-20)32-4/h9-12,16-18,27H,6-8,13-15H2,1-5H3,(H,28,29)/b19-16+. The monoisotopic (exact) mass is 456 g/mol. The van der Waals surface area contributed by atoms with Crippen LogP contribution in [-0.2, 0) is 11.2 Å². The highest BCUT2D eigenvalue weighted by atomic mass is 16.5. The Morgan fingerprint density at radius 3 is 2.06 bits per heavy atom. The largest absolute Gasteiger partial charge is 0.493 e. The van der Waals surface area contributed by atoms with Crippen LogP contribution in [0.2, 0.25) is 0 Å². The molecule has 0 atom stereocenters. The number of methoxy groups -OCH3 is 4. The van der Waals surface area contributed by atoms with E-state index >= 15 is 0 Å². The number of hydrogen-bond acceptors (Lipinski definition) is 6. The zero-order valence-corrected chi connectivity index (χ0v) is 20.3. The van der Waals surface area contributed by atoms with Crippen molar-refractivity contribution >= 4 is 11.5 Å². The summed E-state index contributed by atoms with van der Waals surface area (Å²) < 4.78 is 21.2. The first-order valence-corrected chi connectivity index (χ1v) is 11.1. The van der Waals surface area contributed by atoms with Gasteiger partial charge in [-0.05, 0) is 80.2 Å². The predicted molar refractivity (Wildman–Crippen MR) is 132 cm³/mol. The Morgan fingerprint density at radius 1 is 0.788 bits per heavy atom. The van der Waals surface area contributed by atoms with Gasteiger partial charge in [-0.15, -0.1) is 0 Å². The minimum Gasteiger partial charge on any atom is -0.493 e. The molecule has 0 aromatic heterocycles. The number of carbonyl (C=O) groups excluding carboxylic acids is 1. The summed E-state index contributed by atoms with van der Waals surface area (Å²) in [5.41, 5.74) is 3.00.